The Kier molecular flexibility index (Phi) is 3.72. The van der Waals surface area contributed by atoms with Gasteiger partial charge in [-0.3, -0.25) is 9.80 Å². The van der Waals surface area contributed by atoms with E-state index in [0.29, 0.717) is 6.04 Å². The molecule has 1 aliphatic heterocycles. The fourth-order valence-corrected chi connectivity index (χ4v) is 1.84. The fourth-order valence-electron chi connectivity index (χ4n) is 1.84. The normalized spacial score (nSPS) is 20.5. The zero-order valence-electron chi connectivity index (χ0n) is 8.92. The minimum atomic E-state index is 0.176. The van der Waals surface area contributed by atoms with E-state index in [1.807, 2.05) is 5.01 Å². The summed E-state index contributed by atoms with van der Waals surface area (Å²) in [7, 11) is 0. The summed E-state index contributed by atoms with van der Waals surface area (Å²) < 4.78 is 0. The number of nitrogens with zero attached hydrogens (tertiary/aromatic N) is 2. The first-order valence-corrected chi connectivity index (χ1v) is 5.17. The monoisotopic (exact) mass is 184 g/mol. The van der Waals surface area contributed by atoms with Gasteiger partial charge in [0.25, 0.3) is 0 Å². The van der Waals surface area contributed by atoms with Crippen LogP contribution in [0.15, 0.2) is 0 Å². The smallest absolute Gasteiger partial charge is 0.233 e. The van der Waals surface area contributed by atoms with E-state index in [2.05, 4.69) is 18.9 Å². The Labute approximate surface area is 80.7 Å². The first-order valence-electron chi connectivity index (χ1n) is 5.17. The molecule has 13 heavy (non-hydrogen) atoms. The number of hydrogen-bond donors (Lipinski definition) is 0. The van der Waals surface area contributed by atoms with E-state index < -0.39 is 0 Å². The zero-order valence-corrected chi connectivity index (χ0v) is 8.92. The lowest BCUT2D eigenvalue weighted by Crippen LogP contribution is -2.48. The van der Waals surface area contributed by atoms with Gasteiger partial charge in [-0.15, -0.1) is 0 Å². The average molecular weight is 184 g/mol. The van der Waals surface area contributed by atoms with Crippen LogP contribution in [-0.2, 0) is 4.79 Å². The van der Waals surface area contributed by atoms with Crippen molar-refractivity contribution in [3.8, 4) is 0 Å². The predicted octanol–water partition coefficient (Wildman–Crippen LogP) is 1.64. The molecule has 76 valence electrons. The number of carbonyl (C=O) groups is 1. The molecule has 0 aromatic rings. The standard InChI is InChI=1S/C10H20N2O/c1-9(2)11-7-5-4-6-8-12(11)10(3)13/h9H,4-8H2,1-3H3. The Morgan fingerprint density at radius 1 is 1.15 bits per heavy atom. The highest BCUT2D eigenvalue weighted by molar-refractivity contribution is 5.72. The van der Waals surface area contributed by atoms with E-state index in [9.17, 15) is 4.79 Å². The van der Waals surface area contributed by atoms with Gasteiger partial charge >= 0.3 is 0 Å². The highest BCUT2D eigenvalue weighted by Gasteiger charge is 2.22. The van der Waals surface area contributed by atoms with Crippen LogP contribution in [0.3, 0.4) is 0 Å². The fraction of sp³-hybridized carbons (Fsp3) is 0.900. The van der Waals surface area contributed by atoms with Gasteiger partial charge in [-0.1, -0.05) is 6.42 Å². The molecule has 0 saturated carbocycles. The predicted molar refractivity (Wildman–Crippen MR) is 53.1 cm³/mol. The van der Waals surface area contributed by atoms with Crippen molar-refractivity contribution in [2.75, 3.05) is 13.1 Å². The van der Waals surface area contributed by atoms with Crippen LogP contribution < -0.4 is 0 Å². The molecule has 1 aliphatic rings. The van der Waals surface area contributed by atoms with Crippen molar-refractivity contribution in [2.45, 2.75) is 46.1 Å². The largest absolute Gasteiger partial charge is 0.275 e. The number of rotatable bonds is 1. The third-order valence-electron chi connectivity index (χ3n) is 2.53. The highest BCUT2D eigenvalue weighted by atomic mass is 16.2. The van der Waals surface area contributed by atoms with Crippen molar-refractivity contribution < 1.29 is 4.79 Å². The maximum absolute atomic E-state index is 11.4. The molecule has 0 spiro atoms. The Bertz CT molecular complexity index is 180. The molecule has 0 radical (unpaired) electrons. The van der Waals surface area contributed by atoms with E-state index in [1.54, 1.807) is 6.92 Å². The summed E-state index contributed by atoms with van der Waals surface area (Å²) in [6, 6.07) is 0.432. The van der Waals surface area contributed by atoms with Gasteiger partial charge in [0, 0.05) is 26.1 Å². The molecule has 0 aliphatic carbocycles. The first kappa shape index (κ1) is 10.5. The molecule has 0 bridgehead atoms. The van der Waals surface area contributed by atoms with Crippen molar-refractivity contribution in [1.82, 2.24) is 10.0 Å². The first-order chi connectivity index (χ1) is 6.13. The second kappa shape index (κ2) is 4.61. The van der Waals surface area contributed by atoms with E-state index >= 15 is 0 Å². The Morgan fingerprint density at radius 3 is 2.31 bits per heavy atom. The Hall–Kier alpha value is -0.570. The van der Waals surface area contributed by atoms with Gasteiger partial charge in [-0.2, -0.15) is 0 Å². The Balaban J connectivity index is 2.66. The molecular formula is C10H20N2O. The summed E-state index contributed by atoms with van der Waals surface area (Å²) in [6.45, 7) is 7.86. The third-order valence-corrected chi connectivity index (χ3v) is 2.53. The van der Waals surface area contributed by atoms with Gasteiger partial charge in [0.1, 0.15) is 0 Å². The van der Waals surface area contributed by atoms with Gasteiger partial charge in [0.2, 0.25) is 5.91 Å². The Morgan fingerprint density at radius 2 is 1.77 bits per heavy atom. The molecule has 0 atom stereocenters. The zero-order chi connectivity index (χ0) is 9.84. The second-order valence-electron chi connectivity index (χ2n) is 3.96. The molecule has 0 aromatic carbocycles. The maximum Gasteiger partial charge on any atom is 0.233 e. The second-order valence-corrected chi connectivity index (χ2v) is 3.96. The van der Waals surface area contributed by atoms with Gasteiger partial charge in [0.15, 0.2) is 0 Å². The minimum Gasteiger partial charge on any atom is -0.275 e. The quantitative estimate of drug-likeness (QED) is 0.618. The molecular weight excluding hydrogens is 164 g/mol. The van der Waals surface area contributed by atoms with Crippen molar-refractivity contribution in [2.24, 2.45) is 0 Å². The maximum atomic E-state index is 11.4. The number of amides is 1. The summed E-state index contributed by atoms with van der Waals surface area (Å²) in [4.78, 5) is 11.4. The molecule has 1 fully saturated rings. The lowest BCUT2D eigenvalue weighted by atomic mass is 10.2. The molecule has 1 rings (SSSR count). The van der Waals surface area contributed by atoms with Crippen LogP contribution in [-0.4, -0.2) is 35.1 Å². The number of hydrazine groups is 1. The minimum absolute atomic E-state index is 0.176. The van der Waals surface area contributed by atoms with E-state index in [0.717, 1.165) is 19.5 Å². The summed E-state index contributed by atoms with van der Waals surface area (Å²) in [5.41, 5.74) is 0. The van der Waals surface area contributed by atoms with Crippen LogP contribution in [0, 0.1) is 0 Å². The molecule has 0 unspecified atom stereocenters. The van der Waals surface area contributed by atoms with Crippen LogP contribution in [0.5, 0.6) is 0 Å². The van der Waals surface area contributed by atoms with Crippen molar-refractivity contribution in [3.63, 3.8) is 0 Å². The summed E-state index contributed by atoms with van der Waals surface area (Å²) in [5, 5.41) is 4.09. The van der Waals surface area contributed by atoms with Gasteiger partial charge in [-0.05, 0) is 26.7 Å². The van der Waals surface area contributed by atoms with Crippen LogP contribution in [0.25, 0.3) is 0 Å². The molecule has 3 heteroatoms. The average Bonchev–Trinajstić information content (AvgIpc) is 2.27. The summed E-state index contributed by atoms with van der Waals surface area (Å²) in [6.07, 6.45) is 3.60. The summed E-state index contributed by atoms with van der Waals surface area (Å²) in [5.74, 6) is 0.176. The molecule has 0 aromatic heterocycles. The van der Waals surface area contributed by atoms with Crippen LogP contribution >= 0.6 is 0 Å². The lowest BCUT2D eigenvalue weighted by Gasteiger charge is -2.35. The molecule has 1 heterocycles. The van der Waals surface area contributed by atoms with E-state index in [1.165, 1.54) is 12.8 Å². The van der Waals surface area contributed by atoms with E-state index in [-0.39, 0.29) is 5.91 Å². The van der Waals surface area contributed by atoms with Crippen LogP contribution in [0.1, 0.15) is 40.0 Å². The third kappa shape index (κ3) is 2.69. The van der Waals surface area contributed by atoms with Crippen LogP contribution in [0.4, 0.5) is 0 Å². The molecule has 0 N–H and O–H groups in total. The van der Waals surface area contributed by atoms with Gasteiger partial charge < -0.3 is 0 Å². The van der Waals surface area contributed by atoms with Crippen molar-refractivity contribution in [3.05, 3.63) is 0 Å². The van der Waals surface area contributed by atoms with Crippen molar-refractivity contribution >= 4 is 5.91 Å². The van der Waals surface area contributed by atoms with Crippen LogP contribution in [0.2, 0.25) is 0 Å². The molecule has 1 amide bonds. The lowest BCUT2D eigenvalue weighted by molar-refractivity contribution is -0.149. The highest BCUT2D eigenvalue weighted by Crippen LogP contribution is 2.13. The SMILES string of the molecule is CC(=O)N1CCCCCN1C(C)C. The van der Waals surface area contributed by atoms with Gasteiger partial charge in [-0.25, -0.2) is 5.01 Å². The number of carbonyl (C=O) groups excluding carboxylic acids is 1. The molecule has 3 nitrogen and oxygen atoms in total. The van der Waals surface area contributed by atoms with Crippen molar-refractivity contribution in [1.29, 1.82) is 0 Å². The molecule has 1 saturated heterocycles. The topological polar surface area (TPSA) is 23.6 Å². The summed E-state index contributed by atoms with van der Waals surface area (Å²) >= 11 is 0. The van der Waals surface area contributed by atoms with E-state index in [4.69, 9.17) is 0 Å². The van der Waals surface area contributed by atoms with Gasteiger partial charge in [0.05, 0.1) is 0 Å². The number of hydrogen-bond acceptors (Lipinski definition) is 2.